The van der Waals surface area contributed by atoms with Gasteiger partial charge in [0.2, 0.25) is 5.91 Å². The SMILES string of the molecule is CC1CCN(C(=O)[C@H](NC(=O)OCC2c3ccccc3-c3ccccc32)C(C)C)C1C(=O)O. The number of alkyl carbamates (subject to hydrolysis) is 1. The Labute approximate surface area is 193 Å². The van der Waals surface area contributed by atoms with Crippen LogP contribution in [0.3, 0.4) is 0 Å². The maximum Gasteiger partial charge on any atom is 0.407 e. The zero-order valence-electron chi connectivity index (χ0n) is 19.2. The minimum absolute atomic E-state index is 0.0767. The molecule has 0 spiro atoms. The molecule has 33 heavy (non-hydrogen) atoms. The summed E-state index contributed by atoms with van der Waals surface area (Å²) in [5.74, 6) is -1.82. The standard InChI is InChI=1S/C26H30N2O5/c1-15(2)22(24(29)28-13-12-16(3)23(28)25(30)31)27-26(32)33-14-21-19-10-6-4-8-17(19)18-9-5-7-11-20(18)21/h4-11,15-16,21-23H,12-14H2,1-3H3,(H,27,32)(H,30,31)/t16?,22-,23?/m1/s1. The van der Waals surface area contributed by atoms with Crippen LogP contribution in [-0.2, 0) is 14.3 Å². The minimum atomic E-state index is -1.02. The molecule has 174 valence electrons. The Morgan fingerprint density at radius 2 is 1.64 bits per heavy atom. The van der Waals surface area contributed by atoms with Gasteiger partial charge in [-0.1, -0.05) is 69.3 Å². The van der Waals surface area contributed by atoms with Crippen molar-refractivity contribution < 1.29 is 24.2 Å². The highest BCUT2D eigenvalue weighted by molar-refractivity contribution is 5.90. The highest BCUT2D eigenvalue weighted by Gasteiger charge is 2.42. The Balaban J connectivity index is 1.44. The topological polar surface area (TPSA) is 95.9 Å². The largest absolute Gasteiger partial charge is 0.480 e. The molecule has 4 rings (SSSR count). The maximum atomic E-state index is 13.2. The number of amides is 2. The van der Waals surface area contributed by atoms with Gasteiger partial charge in [-0.2, -0.15) is 0 Å². The molecule has 1 fully saturated rings. The molecular weight excluding hydrogens is 420 g/mol. The van der Waals surface area contributed by atoms with Crippen molar-refractivity contribution in [1.82, 2.24) is 10.2 Å². The number of aliphatic carboxylic acids is 1. The normalized spacial score (nSPS) is 20.3. The van der Waals surface area contributed by atoms with Gasteiger partial charge in [0.25, 0.3) is 0 Å². The molecule has 2 unspecified atom stereocenters. The van der Waals surface area contributed by atoms with Gasteiger partial charge in [0.05, 0.1) is 0 Å². The summed E-state index contributed by atoms with van der Waals surface area (Å²) in [4.78, 5) is 38.9. The number of hydrogen-bond donors (Lipinski definition) is 2. The van der Waals surface area contributed by atoms with Crippen molar-refractivity contribution in [3.8, 4) is 11.1 Å². The van der Waals surface area contributed by atoms with Crippen LogP contribution >= 0.6 is 0 Å². The third-order valence-electron chi connectivity index (χ3n) is 6.79. The lowest BCUT2D eigenvalue weighted by atomic mass is 9.98. The van der Waals surface area contributed by atoms with E-state index in [0.717, 1.165) is 22.3 Å². The third kappa shape index (κ3) is 4.32. The molecule has 3 atom stereocenters. The van der Waals surface area contributed by atoms with Crippen LogP contribution < -0.4 is 5.32 Å². The lowest BCUT2D eigenvalue weighted by Gasteiger charge is -2.30. The Hall–Kier alpha value is -3.35. The number of nitrogens with one attached hydrogen (secondary N) is 1. The van der Waals surface area contributed by atoms with Crippen LogP contribution in [-0.4, -0.2) is 53.2 Å². The number of carbonyl (C=O) groups excluding carboxylic acids is 2. The van der Waals surface area contributed by atoms with E-state index < -0.39 is 24.1 Å². The molecule has 2 aromatic rings. The second kappa shape index (κ2) is 9.25. The average Bonchev–Trinajstić information content (AvgIpc) is 3.33. The molecule has 2 N–H and O–H groups in total. The summed E-state index contributed by atoms with van der Waals surface area (Å²) in [6.45, 7) is 5.99. The van der Waals surface area contributed by atoms with E-state index in [2.05, 4.69) is 17.4 Å². The average molecular weight is 451 g/mol. The quantitative estimate of drug-likeness (QED) is 0.697. The van der Waals surface area contributed by atoms with Crippen LogP contribution in [0, 0.1) is 11.8 Å². The first-order chi connectivity index (χ1) is 15.8. The summed E-state index contributed by atoms with van der Waals surface area (Å²) < 4.78 is 5.59. The van der Waals surface area contributed by atoms with E-state index >= 15 is 0 Å². The van der Waals surface area contributed by atoms with Crippen LogP contribution in [0.4, 0.5) is 4.79 Å². The smallest absolute Gasteiger partial charge is 0.407 e. The first-order valence-electron chi connectivity index (χ1n) is 11.4. The summed E-state index contributed by atoms with van der Waals surface area (Å²) in [6, 6.07) is 14.4. The van der Waals surface area contributed by atoms with E-state index in [1.54, 1.807) is 0 Å². The molecule has 2 amide bonds. The summed E-state index contributed by atoms with van der Waals surface area (Å²) in [6.07, 6.45) is -0.0543. The lowest BCUT2D eigenvalue weighted by molar-refractivity contribution is -0.150. The summed E-state index contributed by atoms with van der Waals surface area (Å²) in [7, 11) is 0. The molecule has 1 saturated heterocycles. The van der Waals surface area contributed by atoms with Crippen LogP contribution in [0.5, 0.6) is 0 Å². The Morgan fingerprint density at radius 3 is 2.18 bits per heavy atom. The van der Waals surface area contributed by atoms with Crippen molar-refractivity contribution in [2.24, 2.45) is 11.8 Å². The fraction of sp³-hybridized carbons (Fsp3) is 0.423. The first kappa shape index (κ1) is 22.8. The predicted molar refractivity (Wildman–Crippen MR) is 124 cm³/mol. The van der Waals surface area contributed by atoms with Gasteiger partial charge in [0.15, 0.2) is 0 Å². The van der Waals surface area contributed by atoms with E-state index in [4.69, 9.17) is 4.74 Å². The number of carboxylic acid groups (broad SMARTS) is 1. The first-order valence-corrected chi connectivity index (χ1v) is 11.4. The van der Waals surface area contributed by atoms with Gasteiger partial charge in [0.1, 0.15) is 18.7 Å². The second-order valence-corrected chi connectivity index (χ2v) is 9.27. The minimum Gasteiger partial charge on any atom is -0.480 e. The monoisotopic (exact) mass is 450 g/mol. The van der Waals surface area contributed by atoms with Crippen molar-refractivity contribution in [1.29, 1.82) is 0 Å². The van der Waals surface area contributed by atoms with Crippen molar-refractivity contribution in [2.45, 2.75) is 45.2 Å². The molecule has 1 heterocycles. The zero-order chi connectivity index (χ0) is 23.7. The zero-order valence-corrected chi connectivity index (χ0v) is 19.2. The highest BCUT2D eigenvalue weighted by Crippen LogP contribution is 2.44. The number of hydrogen-bond acceptors (Lipinski definition) is 4. The van der Waals surface area contributed by atoms with E-state index in [9.17, 15) is 19.5 Å². The van der Waals surface area contributed by atoms with Crippen LogP contribution in [0.15, 0.2) is 48.5 Å². The third-order valence-corrected chi connectivity index (χ3v) is 6.79. The molecule has 0 aromatic heterocycles. The summed E-state index contributed by atoms with van der Waals surface area (Å²) in [5.41, 5.74) is 4.50. The Kier molecular flexibility index (Phi) is 6.40. The van der Waals surface area contributed by atoms with Gasteiger partial charge in [-0.25, -0.2) is 9.59 Å². The lowest BCUT2D eigenvalue weighted by Crippen LogP contribution is -2.54. The predicted octanol–water partition coefficient (Wildman–Crippen LogP) is 3.87. The highest BCUT2D eigenvalue weighted by atomic mass is 16.5. The summed E-state index contributed by atoms with van der Waals surface area (Å²) in [5, 5.41) is 12.3. The second-order valence-electron chi connectivity index (χ2n) is 9.27. The van der Waals surface area contributed by atoms with E-state index in [1.807, 2.05) is 57.2 Å². The van der Waals surface area contributed by atoms with Crippen LogP contribution in [0.25, 0.3) is 11.1 Å². The molecule has 7 heteroatoms. The number of carbonyl (C=O) groups is 3. The molecular formula is C26H30N2O5. The van der Waals surface area contributed by atoms with Gasteiger partial charge < -0.3 is 20.1 Å². The molecule has 7 nitrogen and oxygen atoms in total. The molecule has 2 aliphatic rings. The van der Waals surface area contributed by atoms with Crippen molar-refractivity contribution in [3.63, 3.8) is 0 Å². The number of nitrogens with zero attached hydrogens (tertiary/aromatic N) is 1. The van der Waals surface area contributed by atoms with Gasteiger partial charge in [-0.3, -0.25) is 4.79 Å². The van der Waals surface area contributed by atoms with Gasteiger partial charge in [-0.15, -0.1) is 0 Å². The van der Waals surface area contributed by atoms with E-state index in [0.29, 0.717) is 13.0 Å². The number of rotatable bonds is 6. The van der Waals surface area contributed by atoms with E-state index in [1.165, 1.54) is 4.90 Å². The summed E-state index contributed by atoms with van der Waals surface area (Å²) >= 11 is 0. The molecule has 1 aliphatic carbocycles. The molecule has 2 aromatic carbocycles. The Morgan fingerprint density at radius 1 is 1.06 bits per heavy atom. The van der Waals surface area contributed by atoms with Crippen LogP contribution in [0.2, 0.25) is 0 Å². The molecule has 0 saturated carbocycles. The number of fused-ring (bicyclic) bond motifs is 3. The van der Waals surface area contributed by atoms with Crippen molar-refractivity contribution >= 4 is 18.0 Å². The van der Waals surface area contributed by atoms with E-state index in [-0.39, 0.29) is 30.3 Å². The molecule has 0 bridgehead atoms. The molecule has 0 radical (unpaired) electrons. The molecule has 1 aliphatic heterocycles. The van der Waals surface area contributed by atoms with Crippen LogP contribution in [0.1, 0.15) is 44.2 Å². The van der Waals surface area contributed by atoms with Gasteiger partial charge >= 0.3 is 12.1 Å². The van der Waals surface area contributed by atoms with Crippen molar-refractivity contribution in [2.75, 3.05) is 13.2 Å². The number of benzene rings is 2. The maximum absolute atomic E-state index is 13.2. The van der Waals surface area contributed by atoms with Gasteiger partial charge in [0, 0.05) is 12.5 Å². The number of likely N-dealkylation sites (tertiary alicyclic amines) is 1. The number of carboxylic acids is 1. The van der Waals surface area contributed by atoms with Crippen molar-refractivity contribution in [3.05, 3.63) is 59.7 Å². The fourth-order valence-corrected chi connectivity index (χ4v) is 5.03. The van der Waals surface area contributed by atoms with Gasteiger partial charge in [-0.05, 0) is 40.5 Å². The Bertz CT molecular complexity index is 1020. The number of ether oxygens (including phenoxy) is 1. The fourth-order valence-electron chi connectivity index (χ4n) is 5.03.